The highest BCUT2D eigenvalue weighted by atomic mass is 127. The quantitative estimate of drug-likeness (QED) is 0.377. The maximum atomic E-state index is 12.1. The zero-order chi connectivity index (χ0) is 14.3. The summed E-state index contributed by atoms with van der Waals surface area (Å²) in [5.74, 6) is 0.277. The van der Waals surface area contributed by atoms with E-state index in [0.29, 0.717) is 6.54 Å². The lowest BCUT2D eigenvalue weighted by Gasteiger charge is -2.20. The molecule has 1 unspecified atom stereocenters. The number of hydrogen-bond donors (Lipinski definition) is 3. The van der Waals surface area contributed by atoms with Crippen molar-refractivity contribution in [3.63, 3.8) is 0 Å². The van der Waals surface area contributed by atoms with Gasteiger partial charge in [-0.1, -0.05) is 6.07 Å². The lowest BCUT2D eigenvalue weighted by atomic mass is 10.1. The highest BCUT2D eigenvalue weighted by Crippen LogP contribution is 2.25. The SMILES string of the molecule is CCNC(=NCC(C)(O)c1cccs1)NCC(F)F.I. The summed E-state index contributed by atoms with van der Waals surface area (Å²) in [6.45, 7) is 3.70. The minimum absolute atomic E-state index is 0. The predicted octanol–water partition coefficient (Wildman–Crippen LogP) is 2.39. The summed E-state index contributed by atoms with van der Waals surface area (Å²) < 4.78 is 24.3. The molecule has 4 nitrogen and oxygen atoms in total. The molecule has 8 heteroatoms. The lowest BCUT2D eigenvalue weighted by molar-refractivity contribution is 0.0711. The van der Waals surface area contributed by atoms with E-state index in [-0.39, 0.29) is 36.5 Å². The van der Waals surface area contributed by atoms with E-state index in [2.05, 4.69) is 15.6 Å². The highest BCUT2D eigenvalue weighted by Gasteiger charge is 2.24. The van der Waals surface area contributed by atoms with Crippen molar-refractivity contribution in [1.82, 2.24) is 10.6 Å². The molecule has 1 aromatic rings. The van der Waals surface area contributed by atoms with E-state index in [1.54, 1.807) is 6.92 Å². The first-order chi connectivity index (χ1) is 8.95. The van der Waals surface area contributed by atoms with Crippen LogP contribution in [0.1, 0.15) is 18.7 Å². The van der Waals surface area contributed by atoms with Crippen molar-refractivity contribution in [3.05, 3.63) is 22.4 Å². The third-order valence-corrected chi connectivity index (χ3v) is 3.49. The molecule has 0 fully saturated rings. The number of halogens is 3. The molecule has 0 bridgehead atoms. The van der Waals surface area contributed by atoms with E-state index in [1.807, 2.05) is 24.4 Å². The summed E-state index contributed by atoms with van der Waals surface area (Å²) in [4.78, 5) is 4.92. The van der Waals surface area contributed by atoms with Crippen molar-refractivity contribution in [1.29, 1.82) is 0 Å². The fourth-order valence-corrected chi connectivity index (χ4v) is 2.19. The van der Waals surface area contributed by atoms with Gasteiger partial charge in [0, 0.05) is 11.4 Å². The van der Waals surface area contributed by atoms with Gasteiger partial charge in [0.1, 0.15) is 5.60 Å². The van der Waals surface area contributed by atoms with Crippen molar-refractivity contribution < 1.29 is 13.9 Å². The Morgan fingerprint density at radius 3 is 2.70 bits per heavy atom. The normalized spacial score (nSPS) is 14.6. The van der Waals surface area contributed by atoms with Crippen molar-refractivity contribution in [2.24, 2.45) is 4.99 Å². The van der Waals surface area contributed by atoms with Gasteiger partial charge in [0.15, 0.2) is 5.96 Å². The first kappa shape index (κ1) is 19.5. The van der Waals surface area contributed by atoms with E-state index < -0.39 is 18.6 Å². The molecule has 1 rings (SSSR count). The van der Waals surface area contributed by atoms with Crippen LogP contribution in [0.3, 0.4) is 0 Å². The molecule has 0 aliphatic carbocycles. The number of aliphatic imine (C=N–C) groups is 1. The van der Waals surface area contributed by atoms with Gasteiger partial charge in [-0.05, 0) is 25.3 Å². The number of nitrogens with zero attached hydrogens (tertiary/aromatic N) is 1. The molecule has 0 radical (unpaired) electrons. The van der Waals surface area contributed by atoms with E-state index in [9.17, 15) is 13.9 Å². The number of rotatable bonds is 6. The van der Waals surface area contributed by atoms with Gasteiger partial charge in [0.25, 0.3) is 6.43 Å². The summed E-state index contributed by atoms with van der Waals surface area (Å²) in [6, 6.07) is 3.66. The standard InChI is InChI=1S/C12H19F2N3OS.HI/c1-3-15-11(16-7-10(13)14)17-8-12(2,18)9-5-4-6-19-9;/h4-6,10,18H,3,7-8H2,1-2H3,(H2,15,16,17);1H. The van der Waals surface area contributed by atoms with Crippen molar-refractivity contribution in [3.8, 4) is 0 Å². The molecule has 1 atom stereocenters. The summed E-state index contributed by atoms with van der Waals surface area (Å²) in [5, 5.41) is 17.5. The second-order valence-corrected chi connectivity index (χ2v) is 5.17. The van der Waals surface area contributed by atoms with Crippen LogP contribution < -0.4 is 10.6 Å². The fourth-order valence-electron chi connectivity index (χ4n) is 1.41. The molecule has 0 saturated carbocycles. The zero-order valence-corrected chi connectivity index (χ0v) is 14.5. The number of aliphatic hydroxyl groups is 1. The molecule has 0 amide bonds. The predicted molar refractivity (Wildman–Crippen MR) is 89.3 cm³/mol. The van der Waals surface area contributed by atoms with Crippen LogP contribution >= 0.6 is 35.3 Å². The van der Waals surface area contributed by atoms with E-state index in [4.69, 9.17) is 0 Å². The van der Waals surface area contributed by atoms with Crippen LogP contribution in [-0.2, 0) is 5.60 Å². The Labute approximate surface area is 138 Å². The second-order valence-electron chi connectivity index (χ2n) is 4.22. The first-order valence-corrected chi connectivity index (χ1v) is 6.90. The maximum Gasteiger partial charge on any atom is 0.255 e. The molecule has 0 spiro atoms. The minimum atomic E-state index is -2.44. The molecule has 116 valence electrons. The van der Waals surface area contributed by atoms with Gasteiger partial charge in [-0.15, -0.1) is 35.3 Å². The van der Waals surface area contributed by atoms with Crippen LogP contribution in [0, 0.1) is 0 Å². The Balaban J connectivity index is 0.00000361. The van der Waals surface area contributed by atoms with Gasteiger partial charge in [0.05, 0.1) is 13.1 Å². The summed E-state index contributed by atoms with van der Waals surface area (Å²) >= 11 is 1.43. The molecular formula is C12H20F2IN3OS. The third kappa shape index (κ3) is 6.80. The lowest BCUT2D eigenvalue weighted by Crippen LogP contribution is -2.40. The van der Waals surface area contributed by atoms with Crippen LogP contribution in [-0.4, -0.2) is 37.1 Å². The largest absolute Gasteiger partial charge is 0.383 e. The molecule has 3 N–H and O–H groups in total. The average Bonchev–Trinajstić information content (AvgIpc) is 2.87. The van der Waals surface area contributed by atoms with Crippen LogP contribution in [0.5, 0.6) is 0 Å². The Morgan fingerprint density at radius 2 is 2.20 bits per heavy atom. The monoisotopic (exact) mass is 419 g/mol. The molecule has 1 aromatic heterocycles. The second kappa shape index (κ2) is 9.46. The molecule has 0 aliphatic rings. The number of guanidine groups is 1. The van der Waals surface area contributed by atoms with Gasteiger partial charge in [-0.3, -0.25) is 0 Å². The van der Waals surface area contributed by atoms with Gasteiger partial charge in [-0.25, -0.2) is 13.8 Å². The third-order valence-electron chi connectivity index (χ3n) is 2.37. The molecule has 20 heavy (non-hydrogen) atoms. The van der Waals surface area contributed by atoms with E-state index >= 15 is 0 Å². The van der Waals surface area contributed by atoms with Crippen LogP contribution in [0.2, 0.25) is 0 Å². The van der Waals surface area contributed by atoms with Crippen LogP contribution in [0.15, 0.2) is 22.5 Å². The van der Waals surface area contributed by atoms with Gasteiger partial charge in [-0.2, -0.15) is 0 Å². The summed E-state index contributed by atoms with van der Waals surface area (Å²) in [5.41, 5.74) is -1.10. The molecule has 0 aromatic carbocycles. The summed E-state index contributed by atoms with van der Waals surface area (Å²) in [7, 11) is 0. The Hall–Kier alpha value is -0.480. The average molecular weight is 419 g/mol. The van der Waals surface area contributed by atoms with Gasteiger partial charge >= 0.3 is 0 Å². The first-order valence-electron chi connectivity index (χ1n) is 6.02. The van der Waals surface area contributed by atoms with Gasteiger partial charge in [0.2, 0.25) is 0 Å². The Bertz CT molecular complexity index is 399. The molecule has 0 saturated heterocycles. The molecule has 1 heterocycles. The summed E-state index contributed by atoms with van der Waals surface area (Å²) in [6.07, 6.45) is -2.44. The highest BCUT2D eigenvalue weighted by molar-refractivity contribution is 14.0. The molecule has 0 aliphatic heterocycles. The van der Waals surface area contributed by atoms with E-state index in [0.717, 1.165) is 4.88 Å². The van der Waals surface area contributed by atoms with Gasteiger partial charge < -0.3 is 15.7 Å². The molecular weight excluding hydrogens is 399 g/mol. The van der Waals surface area contributed by atoms with Crippen molar-refractivity contribution >= 4 is 41.3 Å². The van der Waals surface area contributed by atoms with Crippen LogP contribution in [0.25, 0.3) is 0 Å². The van der Waals surface area contributed by atoms with Crippen molar-refractivity contribution in [2.75, 3.05) is 19.6 Å². The van der Waals surface area contributed by atoms with E-state index in [1.165, 1.54) is 11.3 Å². The number of nitrogens with one attached hydrogen (secondary N) is 2. The number of alkyl halides is 2. The zero-order valence-electron chi connectivity index (χ0n) is 11.4. The fraction of sp³-hybridized carbons (Fsp3) is 0.583. The Morgan fingerprint density at radius 1 is 1.50 bits per heavy atom. The number of hydrogen-bond acceptors (Lipinski definition) is 3. The maximum absolute atomic E-state index is 12.1. The topological polar surface area (TPSA) is 56.7 Å². The Kier molecular flexibility index (Phi) is 9.23. The smallest absolute Gasteiger partial charge is 0.255 e. The van der Waals surface area contributed by atoms with Crippen LogP contribution in [0.4, 0.5) is 8.78 Å². The van der Waals surface area contributed by atoms with Crippen molar-refractivity contribution in [2.45, 2.75) is 25.9 Å². The number of thiophene rings is 1. The minimum Gasteiger partial charge on any atom is -0.383 e.